The highest BCUT2D eigenvalue weighted by Gasteiger charge is 2.30. The van der Waals surface area contributed by atoms with Crippen molar-refractivity contribution >= 4 is 0 Å². The summed E-state index contributed by atoms with van der Waals surface area (Å²) in [5.74, 6) is 0.468. The summed E-state index contributed by atoms with van der Waals surface area (Å²) in [4.78, 5) is 2.38. The van der Waals surface area contributed by atoms with Crippen LogP contribution in [0.4, 0.5) is 4.39 Å². The van der Waals surface area contributed by atoms with Crippen LogP contribution in [0.15, 0.2) is 18.2 Å². The van der Waals surface area contributed by atoms with Crippen LogP contribution in [0.3, 0.4) is 0 Å². The molecule has 1 aliphatic rings. The molecule has 20 heavy (non-hydrogen) atoms. The number of halogens is 1. The molecule has 1 aliphatic heterocycles. The van der Waals surface area contributed by atoms with Gasteiger partial charge in [-0.15, -0.1) is 0 Å². The quantitative estimate of drug-likeness (QED) is 0.906. The van der Waals surface area contributed by atoms with E-state index >= 15 is 0 Å². The summed E-state index contributed by atoms with van der Waals surface area (Å²) >= 11 is 0. The van der Waals surface area contributed by atoms with E-state index in [1.807, 2.05) is 13.0 Å². The second kappa shape index (κ2) is 6.68. The van der Waals surface area contributed by atoms with Crippen molar-refractivity contribution < 1.29 is 4.39 Å². The van der Waals surface area contributed by atoms with Crippen molar-refractivity contribution in [3.63, 3.8) is 0 Å². The molecule has 0 saturated carbocycles. The minimum atomic E-state index is -0.0861. The van der Waals surface area contributed by atoms with Gasteiger partial charge in [0.05, 0.1) is 0 Å². The molecule has 2 rings (SSSR count). The van der Waals surface area contributed by atoms with Gasteiger partial charge in [-0.05, 0) is 56.5 Å². The molecule has 2 unspecified atom stereocenters. The van der Waals surface area contributed by atoms with Gasteiger partial charge in [-0.2, -0.15) is 0 Å². The van der Waals surface area contributed by atoms with Crippen molar-refractivity contribution in [3.05, 3.63) is 35.1 Å². The number of benzene rings is 1. The molecule has 0 bridgehead atoms. The zero-order valence-corrected chi connectivity index (χ0v) is 13.1. The summed E-state index contributed by atoms with van der Waals surface area (Å²) < 4.78 is 13.9. The molecule has 1 aromatic rings. The highest BCUT2D eigenvalue weighted by molar-refractivity contribution is 5.26. The Morgan fingerprint density at radius 1 is 1.40 bits per heavy atom. The van der Waals surface area contributed by atoms with E-state index in [-0.39, 0.29) is 5.82 Å². The monoisotopic (exact) mass is 278 g/mol. The second-order valence-electron chi connectivity index (χ2n) is 6.40. The number of nitrogens with zero attached hydrogens (tertiary/aromatic N) is 1. The summed E-state index contributed by atoms with van der Waals surface area (Å²) in [5.41, 5.74) is 1.84. The first-order valence-corrected chi connectivity index (χ1v) is 7.68. The van der Waals surface area contributed by atoms with Gasteiger partial charge < -0.3 is 5.32 Å². The molecule has 0 radical (unpaired) electrons. The molecule has 1 fully saturated rings. The Morgan fingerprint density at radius 3 is 2.80 bits per heavy atom. The molecule has 0 amide bonds. The van der Waals surface area contributed by atoms with Crippen molar-refractivity contribution in [3.8, 4) is 0 Å². The summed E-state index contributed by atoms with van der Waals surface area (Å²) in [7, 11) is 2.16. The Labute approximate surface area is 122 Å². The standard InChI is InChI=1S/C17H27FN2/c1-12(2)19-11-15-6-5-9-20(4)17(15)14-8-7-13(3)16(18)10-14/h7-8,10,12,15,17,19H,5-6,9,11H2,1-4H3. The first kappa shape index (κ1) is 15.5. The molecule has 1 saturated heterocycles. The lowest BCUT2D eigenvalue weighted by Gasteiger charge is -2.40. The maximum atomic E-state index is 13.9. The molecule has 1 N–H and O–H groups in total. The fourth-order valence-electron chi connectivity index (χ4n) is 3.18. The van der Waals surface area contributed by atoms with Gasteiger partial charge in [-0.25, -0.2) is 4.39 Å². The minimum Gasteiger partial charge on any atom is -0.314 e. The van der Waals surface area contributed by atoms with E-state index in [0.717, 1.165) is 24.2 Å². The van der Waals surface area contributed by atoms with Crippen molar-refractivity contribution in [2.45, 2.75) is 45.7 Å². The van der Waals surface area contributed by atoms with Crippen LogP contribution in [0, 0.1) is 18.7 Å². The predicted octanol–water partition coefficient (Wildman–Crippen LogP) is 3.52. The molecule has 112 valence electrons. The SMILES string of the molecule is Cc1ccc(C2C(CNC(C)C)CCCN2C)cc1F. The van der Waals surface area contributed by atoms with E-state index in [2.05, 4.69) is 37.2 Å². The molecule has 2 atom stereocenters. The highest BCUT2D eigenvalue weighted by Crippen LogP contribution is 2.35. The van der Waals surface area contributed by atoms with Crippen LogP contribution in [0.5, 0.6) is 0 Å². The topological polar surface area (TPSA) is 15.3 Å². The third kappa shape index (κ3) is 3.58. The predicted molar refractivity (Wildman–Crippen MR) is 82.4 cm³/mol. The molecular formula is C17H27FN2. The number of hydrogen-bond donors (Lipinski definition) is 1. The van der Waals surface area contributed by atoms with Crippen LogP contribution in [-0.4, -0.2) is 31.1 Å². The van der Waals surface area contributed by atoms with Gasteiger partial charge >= 0.3 is 0 Å². The lowest BCUT2D eigenvalue weighted by molar-refractivity contribution is 0.118. The van der Waals surface area contributed by atoms with Crippen molar-refractivity contribution in [1.82, 2.24) is 10.2 Å². The van der Waals surface area contributed by atoms with Crippen LogP contribution < -0.4 is 5.32 Å². The average Bonchev–Trinajstić information content (AvgIpc) is 2.40. The molecule has 1 aromatic carbocycles. The number of rotatable bonds is 4. The summed E-state index contributed by atoms with van der Waals surface area (Å²) in [6.45, 7) is 8.27. The van der Waals surface area contributed by atoms with Crippen LogP contribution in [-0.2, 0) is 0 Å². The van der Waals surface area contributed by atoms with Crippen LogP contribution in [0.25, 0.3) is 0 Å². The Morgan fingerprint density at radius 2 is 2.15 bits per heavy atom. The van der Waals surface area contributed by atoms with Gasteiger partial charge in [-0.1, -0.05) is 26.0 Å². The average molecular weight is 278 g/mol. The zero-order chi connectivity index (χ0) is 14.7. The third-order valence-electron chi connectivity index (χ3n) is 4.33. The highest BCUT2D eigenvalue weighted by atomic mass is 19.1. The van der Waals surface area contributed by atoms with E-state index in [9.17, 15) is 4.39 Å². The first-order valence-electron chi connectivity index (χ1n) is 7.68. The molecule has 3 heteroatoms. The summed E-state index contributed by atoms with van der Waals surface area (Å²) in [5, 5.41) is 3.54. The smallest absolute Gasteiger partial charge is 0.126 e. The van der Waals surface area contributed by atoms with Gasteiger partial charge in [0, 0.05) is 18.6 Å². The van der Waals surface area contributed by atoms with E-state index in [1.54, 1.807) is 6.07 Å². The van der Waals surface area contributed by atoms with E-state index in [0.29, 0.717) is 18.0 Å². The lowest BCUT2D eigenvalue weighted by Crippen LogP contribution is -2.41. The van der Waals surface area contributed by atoms with E-state index in [4.69, 9.17) is 0 Å². The van der Waals surface area contributed by atoms with Crippen LogP contribution in [0.1, 0.15) is 43.9 Å². The Balaban J connectivity index is 2.20. The first-order chi connectivity index (χ1) is 9.49. The largest absolute Gasteiger partial charge is 0.314 e. The molecule has 1 heterocycles. The lowest BCUT2D eigenvalue weighted by atomic mass is 9.84. The summed E-state index contributed by atoms with van der Waals surface area (Å²) in [6, 6.07) is 6.54. The number of piperidine rings is 1. The fourth-order valence-corrected chi connectivity index (χ4v) is 3.18. The summed E-state index contributed by atoms with van der Waals surface area (Å²) in [6.07, 6.45) is 2.44. The maximum absolute atomic E-state index is 13.9. The van der Waals surface area contributed by atoms with Crippen molar-refractivity contribution in [2.24, 2.45) is 5.92 Å². The van der Waals surface area contributed by atoms with Crippen molar-refractivity contribution in [2.75, 3.05) is 20.1 Å². The minimum absolute atomic E-state index is 0.0861. The van der Waals surface area contributed by atoms with Crippen LogP contribution >= 0.6 is 0 Å². The van der Waals surface area contributed by atoms with E-state index in [1.165, 1.54) is 12.8 Å². The third-order valence-corrected chi connectivity index (χ3v) is 4.33. The number of nitrogens with one attached hydrogen (secondary N) is 1. The Kier molecular flexibility index (Phi) is 5.17. The Hall–Kier alpha value is -0.930. The van der Waals surface area contributed by atoms with Crippen molar-refractivity contribution in [1.29, 1.82) is 0 Å². The normalized spacial score (nSPS) is 24.3. The number of likely N-dealkylation sites (tertiary alicyclic amines) is 1. The fraction of sp³-hybridized carbons (Fsp3) is 0.647. The van der Waals surface area contributed by atoms with Gasteiger partial charge in [0.25, 0.3) is 0 Å². The van der Waals surface area contributed by atoms with E-state index < -0.39 is 0 Å². The van der Waals surface area contributed by atoms with Gasteiger partial charge in [-0.3, -0.25) is 4.90 Å². The van der Waals surface area contributed by atoms with Gasteiger partial charge in [0.15, 0.2) is 0 Å². The molecule has 2 nitrogen and oxygen atoms in total. The maximum Gasteiger partial charge on any atom is 0.126 e. The Bertz CT molecular complexity index is 445. The molecule has 0 aromatic heterocycles. The second-order valence-corrected chi connectivity index (χ2v) is 6.40. The zero-order valence-electron chi connectivity index (χ0n) is 13.1. The van der Waals surface area contributed by atoms with Gasteiger partial charge in [0.1, 0.15) is 5.82 Å². The van der Waals surface area contributed by atoms with Crippen LogP contribution in [0.2, 0.25) is 0 Å². The molecular weight excluding hydrogens is 251 g/mol. The number of aryl methyl sites for hydroxylation is 1. The van der Waals surface area contributed by atoms with Gasteiger partial charge in [0.2, 0.25) is 0 Å². The molecule has 0 aliphatic carbocycles. The number of hydrogen-bond acceptors (Lipinski definition) is 2. The molecule has 0 spiro atoms.